The molecule has 15 atom stereocenters. The van der Waals surface area contributed by atoms with Crippen molar-refractivity contribution < 1.29 is 92.2 Å². The van der Waals surface area contributed by atoms with Gasteiger partial charge in [0.15, 0.2) is 24.2 Å². The number of hydrogen-bond acceptors (Lipinski definition) is 20. The van der Waals surface area contributed by atoms with E-state index in [1.807, 2.05) is 10.6 Å². The number of carbonyl (C=O) groups is 13. The number of cyclic esters (lactones) is 1. The number of guanidine groups is 1. The van der Waals surface area contributed by atoms with Crippen LogP contribution in [0.25, 0.3) is 0 Å². The van der Waals surface area contributed by atoms with Crippen LogP contribution in [0.1, 0.15) is 147 Å². The molecule has 0 aliphatic carbocycles. The van der Waals surface area contributed by atoms with E-state index in [4.69, 9.17) is 26.4 Å². The van der Waals surface area contributed by atoms with Gasteiger partial charge in [-0.2, -0.15) is 0 Å². The summed E-state index contributed by atoms with van der Waals surface area (Å²) >= 11 is 0. The zero-order chi connectivity index (χ0) is 73.9. The summed E-state index contributed by atoms with van der Waals surface area (Å²) < 4.78 is 11.4. The van der Waals surface area contributed by atoms with E-state index in [9.17, 15) is 68.4 Å². The number of esters is 1. The van der Waals surface area contributed by atoms with E-state index in [2.05, 4.69) is 53.2 Å². The van der Waals surface area contributed by atoms with Gasteiger partial charge in [0.2, 0.25) is 65.0 Å². The van der Waals surface area contributed by atoms with Crippen molar-refractivity contribution in [1.82, 2.24) is 63.8 Å². The van der Waals surface area contributed by atoms with E-state index in [0.29, 0.717) is 0 Å². The Hall–Kier alpha value is -8.76. The summed E-state index contributed by atoms with van der Waals surface area (Å²) in [5.74, 6) is -18.1. The van der Waals surface area contributed by atoms with Crippen molar-refractivity contribution in [3.63, 3.8) is 0 Å². The lowest BCUT2D eigenvalue weighted by molar-refractivity contribution is -0.159. The topological polar surface area (TPSA) is 542 Å². The monoisotopic (exact) mass is 1380 g/mol. The number of ether oxygens (including phenoxy) is 2. The Morgan fingerprint density at radius 1 is 0.649 bits per heavy atom. The number of aliphatic hydroxyl groups is 4. The summed E-state index contributed by atoms with van der Waals surface area (Å²) in [5.41, 5.74) is 9.77. The number of nitrogens with one attached hydrogen (secondary N) is 13. The molecule has 1 heterocycles. The van der Waals surface area contributed by atoms with Crippen molar-refractivity contribution in [3.05, 3.63) is 35.9 Å². The van der Waals surface area contributed by atoms with Gasteiger partial charge in [-0.25, -0.2) is 9.59 Å². The minimum atomic E-state index is -2.60. The molecule has 1 saturated heterocycles. The summed E-state index contributed by atoms with van der Waals surface area (Å²) in [6.07, 6.45) is -9.45. The second kappa shape index (κ2) is 40.1. The summed E-state index contributed by atoms with van der Waals surface area (Å²) in [7, 11) is 0. The van der Waals surface area contributed by atoms with Crippen LogP contribution in [0.3, 0.4) is 0 Å². The number of aliphatic hydroxyl groups excluding tert-OH is 4. The maximum Gasteiger partial charge on any atom is 0.408 e. The molecule has 34 heteroatoms. The molecule has 0 aromatic heterocycles. The predicted molar refractivity (Wildman–Crippen MR) is 351 cm³/mol. The lowest BCUT2D eigenvalue weighted by atomic mass is 9.95. The van der Waals surface area contributed by atoms with E-state index in [1.165, 1.54) is 44.2 Å². The fraction of sp³-hybridized carbons (Fsp3) is 0.683. The van der Waals surface area contributed by atoms with E-state index in [0.717, 1.165) is 6.92 Å². The van der Waals surface area contributed by atoms with Gasteiger partial charge in [0, 0.05) is 6.54 Å². The Kier molecular flexibility index (Phi) is 34.8. The molecular formula is C63H105N15O19. The SMILES string of the molecule is CC[C@H](C)[C@@H]1NC(=O)[C@@H](CCCNC(=N)N)NC(=O)[C@H](CC(C)C)NC(=O)[C@H]([C@H](O)C(C)C)NC(=O)[C@@H](NC(=O)[C@H](CC(C)C)NC(=O)[C@@H](CC(C)C)NC(=O)OC(C)(C)C)[C@@H](c2ccccc2)OC(=O)[C@H](CO)NC(=O)[C@H]([C@H](O)C(N)=O)NC(=O)CNC(=O)[C@H]([C@H](C)O)NC1=O. The number of nitrogens with two attached hydrogens (primary N) is 2. The third-order valence-corrected chi connectivity index (χ3v) is 15.1. The Balaban J connectivity index is 3.17. The Morgan fingerprint density at radius 2 is 1.18 bits per heavy atom. The largest absolute Gasteiger partial charge is 0.453 e. The summed E-state index contributed by atoms with van der Waals surface area (Å²) in [5, 5.41) is 81.1. The Morgan fingerprint density at radius 3 is 1.69 bits per heavy atom. The average molecular weight is 1380 g/mol. The van der Waals surface area contributed by atoms with Gasteiger partial charge in [-0.1, -0.05) is 106 Å². The van der Waals surface area contributed by atoms with Crippen LogP contribution in [0.4, 0.5) is 4.79 Å². The van der Waals surface area contributed by atoms with Crippen LogP contribution >= 0.6 is 0 Å². The van der Waals surface area contributed by atoms with Crippen LogP contribution in [-0.4, -0.2) is 207 Å². The first-order valence-corrected chi connectivity index (χ1v) is 32.4. The molecule has 1 aromatic rings. The van der Waals surface area contributed by atoms with Gasteiger partial charge >= 0.3 is 12.1 Å². The molecule has 1 aliphatic rings. The molecular weight excluding hydrogens is 1270 g/mol. The standard InChI is InChI=1S/C63H105N15O19/c1-15-33(10)42-56(90)76-43(34(11)80)55(89)68-27-41(81)74-45(48(83)50(64)84)58(92)72-40(28-79)60(94)96-49(35-20-17-16-18-21-35)46(78-54(88)38(25-30(4)5)70-53(87)39(26-31(6)7)73-62(95)97-63(12,13)14)59(93)77-44(47(82)32(8)9)57(91)71-37(24-29(2)3)52(86)69-36(51(85)75-42)22-19-23-67-61(65)66/h16-18,20-21,29-34,36-40,42-49,79-80,82-83H,15,19,22-28H2,1-14H3,(H2,64,84)(H,68,89)(H,69,86)(H,70,87)(H,71,91)(H,72,92)(H,73,95)(H,74,81)(H,75,85)(H,76,90)(H,77,93)(H,78,88)(H4,65,66,67)/t33-,34-,36+,37-,38-,39+,40-,42-,43-,44-,45-,46-,47+,48-,49+/m0/s1. The zero-order valence-corrected chi connectivity index (χ0v) is 57.8. The highest BCUT2D eigenvalue weighted by atomic mass is 16.6. The van der Waals surface area contributed by atoms with Gasteiger partial charge in [-0.05, 0) is 95.0 Å². The lowest BCUT2D eigenvalue weighted by Gasteiger charge is -2.34. The van der Waals surface area contributed by atoms with Gasteiger partial charge in [-0.3, -0.25) is 58.1 Å². The number of alkyl carbamates (subject to hydrolysis) is 1. The molecule has 21 N–H and O–H groups in total. The van der Waals surface area contributed by atoms with Crippen molar-refractivity contribution in [2.24, 2.45) is 41.1 Å². The number of benzene rings is 1. The van der Waals surface area contributed by atoms with E-state index >= 15 is 14.4 Å². The number of amides is 12. The molecule has 1 aromatic carbocycles. The Labute approximate surface area is 565 Å². The number of primary amides is 1. The number of rotatable bonds is 24. The lowest BCUT2D eigenvalue weighted by Crippen LogP contribution is -2.64. The maximum atomic E-state index is 15.5. The number of carbonyl (C=O) groups excluding carboxylic acids is 13. The molecule has 34 nitrogen and oxygen atoms in total. The van der Waals surface area contributed by atoms with E-state index in [1.54, 1.807) is 76.2 Å². The van der Waals surface area contributed by atoms with Crippen molar-refractivity contribution in [2.75, 3.05) is 19.7 Å². The highest BCUT2D eigenvalue weighted by Crippen LogP contribution is 2.25. The molecule has 0 unspecified atom stereocenters. The third-order valence-electron chi connectivity index (χ3n) is 15.1. The van der Waals surface area contributed by atoms with Crippen LogP contribution in [0.5, 0.6) is 0 Å². The van der Waals surface area contributed by atoms with Crippen LogP contribution in [-0.2, 0) is 67.0 Å². The minimum absolute atomic E-state index is 0.000572. The smallest absolute Gasteiger partial charge is 0.408 e. The molecule has 0 radical (unpaired) electrons. The van der Waals surface area contributed by atoms with Gasteiger partial charge < -0.3 is 105 Å². The fourth-order valence-electron chi connectivity index (χ4n) is 9.81. The van der Waals surface area contributed by atoms with E-state index < -0.39 is 210 Å². The second-order valence-corrected chi connectivity index (χ2v) is 26.7. The van der Waals surface area contributed by atoms with Crippen molar-refractivity contribution in [2.45, 2.75) is 226 Å². The molecule has 1 aliphatic heterocycles. The first-order valence-electron chi connectivity index (χ1n) is 32.4. The van der Waals surface area contributed by atoms with Crippen molar-refractivity contribution >= 4 is 83.0 Å². The van der Waals surface area contributed by atoms with Gasteiger partial charge in [-0.15, -0.1) is 0 Å². The highest BCUT2D eigenvalue weighted by Gasteiger charge is 2.44. The fourth-order valence-corrected chi connectivity index (χ4v) is 9.81. The molecule has 12 amide bonds. The van der Waals surface area contributed by atoms with Crippen LogP contribution in [0.15, 0.2) is 30.3 Å². The first-order chi connectivity index (χ1) is 45.1. The predicted octanol–water partition coefficient (Wildman–Crippen LogP) is -3.66. The Bertz CT molecular complexity index is 2870. The quantitative estimate of drug-likeness (QED) is 0.0205. The molecule has 546 valence electrons. The number of hydrogen-bond donors (Lipinski definition) is 19. The third kappa shape index (κ3) is 28.8. The van der Waals surface area contributed by atoms with Gasteiger partial charge in [0.05, 0.1) is 25.4 Å². The first kappa shape index (κ1) is 84.3. The zero-order valence-electron chi connectivity index (χ0n) is 57.8. The summed E-state index contributed by atoms with van der Waals surface area (Å²) in [6, 6.07) is -11.4. The van der Waals surface area contributed by atoms with Crippen LogP contribution < -0.4 is 75.3 Å². The molecule has 0 saturated carbocycles. The molecule has 2 rings (SSSR count). The minimum Gasteiger partial charge on any atom is -0.453 e. The maximum absolute atomic E-state index is 15.5. The average Bonchev–Trinajstić information content (AvgIpc) is 0.821. The van der Waals surface area contributed by atoms with Gasteiger partial charge in [0.1, 0.15) is 60.0 Å². The summed E-state index contributed by atoms with van der Waals surface area (Å²) in [4.78, 5) is 185. The summed E-state index contributed by atoms with van der Waals surface area (Å²) in [6.45, 7) is 19.9. The van der Waals surface area contributed by atoms with Crippen molar-refractivity contribution in [3.8, 4) is 0 Å². The van der Waals surface area contributed by atoms with Crippen molar-refractivity contribution in [1.29, 1.82) is 5.41 Å². The van der Waals surface area contributed by atoms with E-state index in [-0.39, 0.29) is 56.6 Å². The normalized spacial score (nSPS) is 23.9. The van der Waals surface area contributed by atoms with Crippen LogP contribution in [0, 0.1) is 35.0 Å². The molecule has 1 fully saturated rings. The second-order valence-electron chi connectivity index (χ2n) is 26.7. The highest BCUT2D eigenvalue weighted by molar-refractivity contribution is 6.00. The van der Waals surface area contributed by atoms with Crippen LogP contribution in [0.2, 0.25) is 0 Å². The molecule has 97 heavy (non-hydrogen) atoms. The molecule has 0 spiro atoms. The molecule has 0 bridgehead atoms. The van der Waals surface area contributed by atoms with Gasteiger partial charge in [0.25, 0.3) is 0 Å².